The molecule has 0 spiro atoms. The number of hydrogen-bond donors (Lipinski definition) is 4. The van der Waals surface area contributed by atoms with Gasteiger partial charge in [0.05, 0.1) is 6.54 Å². The van der Waals surface area contributed by atoms with Crippen LogP contribution in [0.2, 0.25) is 0 Å². The second-order valence-corrected chi connectivity index (χ2v) is 7.42. The lowest BCUT2D eigenvalue weighted by Crippen LogP contribution is -2.61. The molecular weight excluding hydrogens is 344 g/mol. The Bertz CT molecular complexity index is 707. The minimum Gasteiger partial charge on any atom is -0.338 e. The quantitative estimate of drug-likeness (QED) is 0.348. The fraction of sp³-hybridized carbons (Fsp3) is 0.500. The number of hydroxylamine groups is 1. The number of carbonyl (C=O) groups is 2. The maximum atomic E-state index is 12.4. The molecule has 0 unspecified atom stereocenters. The topological polar surface area (TPSA) is 108 Å². The molecule has 1 aliphatic rings. The van der Waals surface area contributed by atoms with Crippen molar-refractivity contribution in [3.05, 3.63) is 35.4 Å². The van der Waals surface area contributed by atoms with E-state index in [1.165, 1.54) is 24.7 Å². The molecule has 5 N–H and O–H groups in total. The average Bonchev–Trinajstić information content (AvgIpc) is 2.66. The maximum absolute atomic E-state index is 12.4. The Hall–Kier alpha value is -2.40. The Balaban J connectivity index is 1.97. The van der Waals surface area contributed by atoms with Crippen molar-refractivity contribution >= 4 is 11.8 Å². The summed E-state index contributed by atoms with van der Waals surface area (Å²) < 4.78 is 0. The van der Waals surface area contributed by atoms with Crippen molar-refractivity contribution in [2.75, 3.05) is 19.6 Å². The molecule has 1 aromatic carbocycles. The highest BCUT2D eigenvalue weighted by Gasteiger charge is 2.33. The summed E-state index contributed by atoms with van der Waals surface area (Å²) in [5, 5.41) is 11.4. The molecule has 0 saturated carbocycles. The number of carbonyl (C=O) groups excluding carboxylic acids is 2. The second-order valence-electron chi connectivity index (χ2n) is 7.42. The van der Waals surface area contributed by atoms with E-state index in [0.717, 1.165) is 25.2 Å². The molecule has 0 aromatic heterocycles. The molecule has 7 heteroatoms. The highest BCUT2D eigenvalue weighted by atomic mass is 16.5. The third-order valence-electron chi connectivity index (χ3n) is 4.52. The Labute approximate surface area is 160 Å². The number of amides is 2. The van der Waals surface area contributed by atoms with E-state index >= 15 is 0 Å². The molecule has 1 aliphatic heterocycles. The summed E-state index contributed by atoms with van der Waals surface area (Å²) in [4.78, 5) is 26.5. The van der Waals surface area contributed by atoms with Crippen LogP contribution in [0.3, 0.4) is 0 Å². The molecule has 1 atom stereocenters. The maximum Gasteiger partial charge on any atom is 0.267 e. The lowest BCUT2D eigenvalue weighted by atomic mass is 9.95. The third-order valence-corrected chi connectivity index (χ3v) is 4.52. The first-order chi connectivity index (χ1) is 12.8. The monoisotopic (exact) mass is 372 g/mol. The minimum absolute atomic E-state index is 0.386. The van der Waals surface area contributed by atoms with Crippen molar-refractivity contribution in [1.29, 1.82) is 0 Å². The number of rotatable bonds is 5. The van der Waals surface area contributed by atoms with Gasteiger partial charge in [-0.2, -0.15) is 0 Å². The fourth-order valence-electron chi connectivity index (χ4n) is 2.94. The van der Waals surface area contributed by atoms with Crippen molar-refractivity contribution in [2.45, 2.75) is 44.7 Å². The summed E-state index contributed by atoms with van der Waals surface area (Å²) in [6, 6.07) is 5.77. The SMILES string of the molecule is CC(C)(N)[C@H](NC(=O)c1ccc(C#CCN2CCCCC2)cc1)C(=O)NO. The van der Waals surface area contributed by atoms with Crippen LogP contribution in [0.5, 0.6) is 0 Å². The first kappa shape index (κ1) is 20.9. The lowest BCUT2D eigenvalue weighted by molar-refractivity contribution is -0.132. The van der Waals surface area contributed by atoms with Crippen LogP contribution in [0, 0.1) is 11.8 Å². The second kappa shape index (κ2) is 9.51. The molecule has 0 bridgehead atoms. The standard InChI is InChI=1S/C20H28N4O3/c1-20(2,21)17(19(26)23-27)22-18(25)16-10-8-15(9-11-16)7-6-14-24-12-4-3-5-13-24/h8-11,17,27H,3-5,12-14,21H2,1-2H3,(H,22,25)(H,23,26)/t17-/m1/s1. The highest BCUT2D eigenvalue weighted by molar-refractivity contribution is 5.97. The van der Waals surface area contributed by atoms with Crippen LogP contribution in [-0.4, -0.2) is 53.1 Å². The summed E-state index contributed by atoms with van der Waals surface area (Å²) in [5.41, 5.74) is 7.62. The van der Waals surface area contributed by atoms with Crippen molar-refractivity contribution in [3.63, 3.8) is 0 Å². The molecule has 146 valence electrons. The zero-order valence-electron chi connectivity index (χ0n) is 15.9. The van der Waals surface area contributed by atoms with E-state index in [2.05, 4.69) is 22.1 Å². The van der Waals surface area contributed by atoms with Gasteiger partial charge in [0.2, 0.25) is 0 Å². The Morgan fingerprint density at radius 3 is 2.41 bits per heavy atom. The van der Waals surface area contributed by atoms with Crippen LogP contribution < -0.4 is 16.5 Å². The molecular formula is C20H28N4O3. The van der Waals surface area contributed by atoms with E-state index in [1.807, 2.05) is 0 Å². The lowest BCUT2D eigenvalue weighted by Gasteiger charge is -2.29. The molecule has 2 rings (SSSR count). The van der Waals surface area contributed by atoms with E-state index in [-0.39, 0.29) is 0 Å². The molecule has 7 nitrogen and oxygen atoms in total. The predicted octanol–water partition coefficient (Wildman–Crippen LogP) is 0.865. The minimum atomic E-state index is -1.07. The van der Waals surface area contributed by atoms with Gasteiger partial charge in [-0.1, -0.05) is 18.3 Å². The van der Waals surface area contributed by atoms with Crippen LogP contribution in [0.1, 0.15) is 49.0 Å². The van der Waals surface area contributed by atoms with Gasteiger partial charge in [-0.25, -0.2) is 5.48 Å². The molecule has 1 aromatic rings. The number of nitrogens with two attached hydrogens (primary N) is 1. The summed E-state index contributed by atoms with van der Waals surface area (Å²) in [5.74, 6) is 5.07. The van der Waals surface area contributed by atoms with Gasteiger partial charge in [0, 0.05) is 16.7 Å². The zero-order chi connectivity index (χ0) is 19.9. The molecule has 1 saturated heterocycles. The number of hydrogen-bond acceptors (Lipinski definition) is 5. The van der Waals surface area contributed by atoms with Crippen LogP contribution in [-0.2, 0) is 4.79 Å². The van der Waals surface area contributed by atoms with Crippen molar-refractivity contribution in [1.82, 2.24) is 15.7 Å². The van der Waals surface area contributed by atoms with Gasteiger partial charge in [-0.05, 0) is 64.0 Å². The highest BCUT2D eigenvalue weighted by Crippen LogP contribution is 2.09. The summed E-state index contributed by atoms with van der Waals surface area (Å²) in [7, 11) is 0. The van der Waals surface area contributed by atoms with Crippen molar-refractivity contribution in [3.8, 4) is 11.8 Å². The first-order valence-electron chi connectivity index (χ1n) is 9.16. The normalized spacial score (nSPS) is 16.0. The smallest absolute Gasteiger partial charge is 0.267 e. The van der Waals surface area contributed by atoms with Crippen LogP contribution in [0.4, 0.5) is 0 Å². The molecule has 1 fully saturated rings. The Kier molecular flexibility index (Phi) is 7.36. The number of nitrogens with one attached hydrogen (secondary N) is 2. The van der Waals surface area contributed by atoms with E-state index in [0.29, 0.717) is 5.56 Å². The van der Waals surface area contributed by atoms with E-state index < -0.39 is 23.4 Å². The van der Waals surface area contributed by atoms with Gasteiger partial charge in [0.25, 0.3) is 11.8 Å². The Morgan fingerprint density at radius 2 is 1.85 bits per heavy atom. The predicted molar refractivity (Wildman–Crippen MR) is 103 cm³/mol. The van der Waals surface area contributed by atoms with Gasteiger partial charge < -0.3 is 11.1 Å². The average molecular weight is 372 g/mol. The van der Waals surface area contributed by atoms with Gasteiger partial charge in [-0.15, -0.1) is 0 Å². The van der Waals surface area contributed by atoms with Gasteiger partial charge in [-0.3, -0.25) is 19.7 Å². The molecule has 27 heavy (non-hydrogen) atoms. The Morgan fingerprint density at radius 1 is 1.22 bits per heavy atom. The van der Waals surface area contributed by atoms with Crippen molar-refractivity contribution in [2.24, 2.45) is 5.73 Å². The number of nitrogens with zero attached hydrogens (tertiary/aromatic N) is 1. The first-order valence-corrected chi connectivity index (χ1v) is 9.16. The third kappa shape index (κ3) is 6.36. The van der Waals surface area contributed by atoms with Crippen LogP contribution >= 0.6 is 0 Å². The molecule has 1 heterocycles. The van der Waals surface area contributed by atoms with Crippen LogP contribution in [0.25, 0.3) is 0 Å². The largest absolute Gasteiger partial charge is 0.338 e. The zero-order valence-corrected chi connectivity index (χ0v) is 15.9. The van der Waals surface area contributed by atoms with Gasteiger partial charge >= 0.3 is 0 Å². The van der Waals surface area contributed by atoms with E-state index in [4.69, 9.17) is 10.9 Å². The fourth-order valence-corrected chi connectivity index (χ4v) is 2.94. The number of likely N-dealkylation sites (tertiary alicyclic amines) is 1. The van der Waals surface area contributed by atoms with E-state index in [1.54, 1.807) is 38.1 Å². The van der Waals surface area contributed by atoms with Crippen molar-refractivity contribution < 1.29 is 14.8 Å². The molecule has 2 amide bonds. The number of piperidine rings is 1. The van der Waals surface area contributed by atoms with E-state index in [9.17, 15) is 9.59 Å². The summed E-state index contributed by atoms with van der Waals surface area (Å²) in [6.45, 7) is 6.15. The summed E-state index contributed by atoms with van der Waals surface area (Å²) in [6.07, 6.45) is 3.77. The molecule has 0 radical (unpaired) electrons. The van der Waals surface area contributed by atoms with Gasteiger partial charge in [0.1, 0.15) is 6.04 Å². The van der Waals surface area contributed by atoms with Gasteiger partial charge in [0.15, 0.2) is 0 Å². The van der Waals surface area contributed by atoms with Crippen LogP contribution in [0.15, 0.2) is 24.3 Å². The summed E-state index contributed by atoms with van der Waals surface area (Å²) >= 11 is 0. The number of benzene rings is 1. The molecule has 0 aliphatic carbocycles.